The SMILES string of the molecule is Fc1cccc(Cl)c1C1CC(c2cccc(Br)c2)Nc2nnnn21. The number of rotatable bonds is 2. The van der Waals surface area contributed by atoms with E-state index in [0.717, 1.165) is 10.0 Å². The Bertz CT molecular complexity index is 879. The number of halogens is 3. The first kappa shape index (κ1) is 15.5. The first-order valence-corrected chi connectivity index (χ1v) is 8.54. The number of fused-ring (bicyclic) bond motifs is 1. The van der Waals surface area contributed by atoms with E-state index in [9.17, 15) is 4.39 Å². The number of anilines is 1. The van der Waals surface area contributed by atoms with Gasteiger partial charge in [0.15, 0.2) is 0 Å². The van der Waals surface area contributed by atoms with E-state index in [1.165, 1.54) is 6.07 Å². The lowest BCUT2D eigenvalue weighted by molar-refractivity contribution is 0.409. The summed E-state index contributed by atoms with van der Waals surface area (Å²) < 4.78 is 17.0. The molecular formula is C16H12BrClFN5. The molecule has 1 aliphatic heterocycles. The number of hydrogen-bond donors (Lipinski definition) is 1. The van der Waals surface area contributed by atoms with Crippen LogP contribution in [0.25, 0.3) is 0 Å². The third-order valence-electron chi connectivity index (χ3n) is 4.13. The Hall–Kier alpha value is -1.99. The van der Waals surface area contributed by atoms with E-state index in [-0.39, 0.29) is 17.9 Å². The summed E-state index contributed by atoms with van der Waals surface area (Å²) in [5.74, 6) is 0.138. The van der Waals surface area contributed by atoms with E-state index in [2.05, 4.69) is 36.8 Å². The van der Waals surface area contributed by atoms with Crippen molar-refractivity contribution in [2.45, 2.75) is 18.5 Å². The van der Waals surface area contributed by atoms with Crippen LogP contribution in [-0.4, -0.2) is 20.2 Å². The molecule has 2 heterocycles. The van der Waals surface area contributed by atoms with Crippen LogP contribution in [0.15, 0.2) is 46.9 Å². The van der Waals surface area contributed by atoms with Gasteiger partial charge in [0.25, 0.3) is 0 Å². The highest BCUT2D eigenvalue weighted by Gasteiger charge is 2.33. The van der Waals surface area contributed by atoms with Crippen molar-refractivity contribution in [3.05, 3.63) is 68.9 Å². The first-order valence-electron chi connectivity index (χ1n) is 7.37. The van der Waals surface area contributed by atoms with Gasteiger partial charge in [-0.1, -0.05) is 50.8 Å². The second-order valence-electron chi connectivity index (χ2n) is 5.59. The molecule has 24 heavy (non-hydrogen) atoms. The molecule has 2 aromatic carbocycles. The zero-order valence-corrected chi connectivity index (χ0v) is 14.7. The van der Waals surface area contributed by atoms with E-state index in [1.54, 1.807) is 16.8 Å². The molecule has 4 rings (SSSR count). The standard InChI is InChI=1S/C16H12BrClFN5/c17-10-4-1-3-9(7-10)13-8-14(24-16(20-13)21-22-23-24)15-11(18)5-2-6-12(15)19/h1-7,13-14H,8H2,(H,20,21,23). The highest BCUT2D eigenvalue weighted by atomic mass is 79.9. The van der Waals surface area contributed by atoms with Gasteiger partial charge in [-0.05, 0) is 46.7 Å². The normalized spacial score (nSPS) is 19.6. The van der Waals surface area contributed by atoms with Gasteiger partial charge >= 0.3 is 0 Å². The number of benzene rings is 2. The lowest BCUT2D eigenvalue weighted by Crippen LogP contribution is -2.28. The number of hydrogen-bond acceptors (Lipinski definition) is 4. The maximum atomic E-state index is 14.4. The van der Waals surface area contributed by atoms with Crippen LogP contribution in [0.4, 0.5) is 10.3 Å². The molecule has 1 aliphatic rings. The van der Waals surface area contributed by atoms with Gasteiger partial charge in [0.2, 0.25) is 5.95 Å². The third-order valence-corrected chi connectivity index (χ3v) is 4.96. The average Bonchev–Trinajstić information content (AvgIpc) is 3.03. The molecular weight excluding hydrogens is 397 g/mol. The predicted octanol–water partition coefficient (Wildman–Crippen LogP) is 4.37. The van der Waals surface area contributed by atoms with Gasteiger partial charge in [0.1, 0.15) is 5.82 Å². The Balaban J connectivity index is 1.80. The molecule has 2 atom stereocenters. The summed E-state index contributed by atoms with van der Waals surface area (Å²) in [6, 6.07) is 12.2. The second kappa shape index (κ2) is 6.14. The molecule has 122 valence electrons. The molecule has 0 bridgehead atoms. The molecule has 0 spiro atoms. The van der Waals surface area contributed by atoms with Crippen LogP contribution in [0.1, 0.15) is 29.6 Å². The fourth-order valence-corrected chi connectivity index (χ4v) is 3.75. The number of aromatic nitrogens is 4. The highest BCUT2D eigenvalue weighted by Crippen LogP contribution is 2.40. The maximum Gasteiger partial charge on any atom is 0.243 e. The van der Waals surface area contributed by atoms with Gasteiger partial charge in [-0.25, -0.2) is 9.07 Å². The van der Waals surface area contributed by atoms with Crippen molar-refractivity contribution in [1.82, 2.24) is 20.2 Å². The lowest BCUT2D eigenvalue weighted by atomic mass is 9.93. The fourth-order valence-electron chi connectivity index (χ4n) is 3.05. The Morgan fingerprint density at radius 3 is 2.88 bits per heavy atom. The molecule has 0 saturated carbocycles. The van der Waals surface area contributed by atoms with Crippen LogP contribution in [0, 0.1) is 5.82 Å². The van der Waals surface area contributed by atoms with Crippen molar-refractivity contribution in [2.75, 3.05) is 5.32 Å². The maximum absolute atomic E-state index is 14.4. The number of nitrogens with zero attached hydrogens (tertiary/aromatic N) is 4. The predicted molar refractivity (Wildman–Crippen MR) is 92.5 cm³/mol. The third kappa shape index (κ3) is 2.67. The van der Waals surface area contributed by atoms with Crippen molar-refractivity contribution >= 4 is 33.5 Å². The minimum absolute atomic E-state index is 0.0540. The van der Waals surface area contributed by atoms with Gasteiger partial charge in [-0.2, -0.15) is 0 Å². The number of tetrazole rings is 1. The molecule has 0 aliphatic carbocycles. The van der Waals surface area contributed by atoms with E-state index in [4.69, 9.17) is 11.6 Å². The van der Waals surface area contributed by atoms with Crippen LogP contribution in [-0.2, 0) is 0 Å². The largest absolute Gasteiger partial charge is 0.346 e. The number of nitrogens with one attached hydrogen (secondary N) is 1. The summed E-state index contributed by atoms with van der Waals surface area (Å²) in [6.45, 7) is 0. The fraction of sp³-hybridized carbons (Fsp3) is 0.188. The zero-order valence-electron chi connectivity index (χ0n) is 12.3. The van der Waals surface area contributed by atoms with Gasteiger partial charge < -0.3 is 5.32 Å². The van der Waals surface area contributed by atoms with Crippen molar-refractivity contribution in [2.24, 2.45) is 0 Å². The van der Waals surface area contributed by atoms with Crippen molar-refractivity contribution in [1.29, 1.82) is 0 Å². The van der Waals surface area contributed by atoms with Crippen molar-refractivity contribution in [3.8, 4) is 0 Å². The summed E-state index contributed by atoms with van der Waals surface area (Å²) in [6.07, 6.45) is 0.579. The molecule has 1 aromatic heterocycles. The van der Waals surface area contributed by atoms with E-state index in [1.807, 2.05) is 24.3 Å². The monoisotopic (exact) mass is 407 g/mol. The summed E-state index contributed by atoms with van der Waals surface area (Å²) in [4.78, 5) is 0. The van der Waals surface area contributed by atoms with E-state index in [0.29, 0.717) is 23.0 Å². The Morgan fingerprint density at radius 2 is 2.08 bits per heavy atom. The molecule has 2 unspecified atom stereocenters. The zero-order chi connectivity index (χ0) is 16.7. The van der Waals surface area contributed by atoms with Crippen LogP contribution in [0.2, 0.25) is 5.02 Å². The van der Waals surface area contributed by atoms with Gasteiger partial charge in [-0.15, -0.1) is 0 Å². The first-order chi connectivity index (χ1) is 11.6. The summed E-state index contributed by atoms with van der Waals surface area (Å²) in [7, 11) is 0. The Morgan fingerprint density at radius 1 is 1.25 bits per heavy atom. The lowest BCUT2D eigenvalue weighted by Gasteiger charge is -2.31. The topological polar surface area (TPSA) is 55.6 Å². The van der Waals surface area contributed by atoms with Crippen molar-refractivity contribution < 1.29 is 4.39 Å². The molecule has 8 heteroatoms. The quantitative estimate of drug-likeness (QED) is 0.684. The van der Waals surface area contributed by atoms with Crippen LogP contribution in [0.5, 0.6) is 0 Å². The summed E-state index contributed by atoms with van der Waals surface area (Å²) in [5.41, 5.74) is 1.48. The smallest absolute Gasteiger partial charge is 0.243 e. The minimum Gasteiger partial charge on any atom is -0.346 e. The molecule has 0 amide bonds. The summed E-state index contributed by atoms with van der Waals surface area (Å²) >= 11 is 9.75. The van der Waals surface area contributed by atoms with Gasteiger partial charge in [0, 0.05) is 15.1 Å². The molecule has 3 aromatic rings. The van der Waals surface area contributed by atoms with Crippen LogP contribution >= 0.6 is 27.5 Å². The summed E-state index contributed by atoms with van der Waals surface area (Å²) in [5, 5.41) is 15.4. The van der Waals surface area contributed by atoms with Crippen LogP contribution in [0.3, 0.4) is 0 Å². The molecule has 0 saturated heterocycles. The second-order valence-corrected chi connectivity index (χ2v) is 6.91. The highest BCUT2D eigenvalue weighted by molar-refractivity contribution is 9.10. The molecule has 5 nitrogen and oxygen atoms in total. The van der Waals surface area contributed by atoms with E-state index < -0.39 is 0 Å². The molecule has 1 N–H and O–H groups in total. The average molecular weight is 409 g/mol. The van der Waals surface area contributed by atoms with Crippen molar-refractivity contribution in [3.63, 3.8) is 0 Å². The van der Waals surface area contributed by atoms with E-state index >= 15 is 0 Å². The van der Waals surface area contributed by atoms with Gasteiger partial charge in [0.05, 0.1) is 12.1 Å². The van der Waals surface area contributed by atoms with Gasteiger partial charge in [-0.3, -0.25) is 0 Å². The van der Waals surface area contributed by atoms with Crippen LogP contribution < -0.4 is 5.32 Å². The Labute approximate surface area is 151 Å². The molecule has 0 radical (unpaired) electrons. The minimum atomic E-state index is -0.381. The Kier molecular flexibility index (Phi) is 3.97. The molecule has 0 fully saturated rings.